The standard InChI is InChI=1S/C22H24ClN3O4/c1-3-13-30-18-8-6-5-7-17(18)24-19(27)14-26-20(28)22(4-2,25-21(26)29)15-9-11-16(23)12-10-15/h5-12H,3-4,13-14H2,1-2H3,(H,24,27)(H,25,29). The van der Waals surface area contributed by atoms with Gasteiger partial charge in [-0.2, -0.15) is 0 Å². The van der Waals surface area contributed by atoms with Gasteiger partial charge < -0.3 is 15.4 Å². The summed E-state index contributed by atoms with van der Waals surface area (Å²) in [6, 6.07) is 13.2. The predicted octanol–water partition coefficient (Wildman–Crippen LogP) is 3.92. The van der Waals surface area contributed by atoms with Gasteiger partial charge in [0.1, 0.15) is 17.8 Å². The topological polar surface area (TPSA) is 87.7 Å². The highest BCUT2D eigenvalue weighted by atomic mass is 35.5. The fraction of sp³-hybridized carbons (Fsp3) is 0.318. The first-order valence-electron chi connectivity index (χ1n) is 9.83. The molecular weight excluding hydrogens is 406 g/mol. The minimum absolute atomic E-state index is 0.338. The Kier molecular flexibility index (Phi) is 6.62. The zero-order valence-electron chi connectivity index (χ0n) is 16.9. The van der Waals surface area contributed by atoms with Crippen molar-refractivity contribution < 1.29 is 19.1 Å². The van der Waals surface area contributed by atoms with Crippen molar-refractivity contribution in [2.75, 3.05) is 18.5 Å². The van der Waals surface area contributed by atoms with Gasteiger partial charge in [0.05, 0.1) is 12.3 Å². The summed E-state index contributed by atoms with van der Waals surface area (Å²) in [5.41, 5.74) is -0.110. The van der Waals surface area contributed by atoms with Gasteiger partial charge in [0.2, 0.25) is 5.91 Å². The van der Waals surface area contributed by atoms with Crippen LogP contribution in [0, 0.1) is 0 Å². The zero-order chi connectivity index (χ0) is 21.7. The maximum Gasteiger partial charge on any atom is 0.325 e. The quantitative estimate of drug-likeness (QED) is 0.622. The number of amides is 4. The molecule has 0 radical (unpaired) electrons. The molecule has 1 saturated heterocycles. The van der Waals surface area contributed by atoms with E-state index in [4.69, 9.17) is 16.3 Å². The summed E-state index contributed by atoms with van der Waals surface area (Å²) in [5.74, 6) is -0.425. The second kappa shape index (κ2) is 9.17. The van der Waals surface area contributed by atoms with Crippen molar-refractivity contribution in [3.05, 3.63) is 59.1 Å². The molecule has 1 unspecified atom stereocenters. The van der Waals surface area contributed by atoms with Gasteiger partial charge in [0.15, 0.2) is 0 Å². The molecule has 3 rings (SSSR count). The van der Waals surface area contributed by atoms with Crippen LogP contribution in [-0.2, 0) is 15.1 Å². The molecule has 1 aliphatic heterocycles. The van der Waals surface area contributed by atoms with Gasteiger partial charge in [-0.15, -0.1) is 0 Å². The van der Waals surface area contributed by atoms with E-state index < -0.39 is 29.9 Å². The maximum absolute atomic E-state index is 13.2. The molecule has 1 fully saturated rings. The van der Waals surface area contributed by atoms with E-state index in [1.807, 2.05) is 6.92 Å². The first kappa shape index (κ1) is 21.6. The van der Waals surface area contributed by atoms with Crippen LogP contribution in [0.5, 0.6) is 5.75 Å². The number of rotatable bonds is 8. The van der Waals surface area contributed by atoms with E-state index in [1.54, 1.807) is 55.5 Å². The Bertz CT molecular complexity index is 948. The summed E-state index contributed by atoms with van der Waals surface area (Å²) in [4.78, 5) is 39.3. The molecule has 0 bridgehead atoms. The number of imide groups is 1. The molecule has 0 aliphatic carbocycles. The Morgan fingerprint density at radius 1 is 1.13 bits per heavy atom. The summed E-state index contributed by atoms with van der Waals surface area (Å²) in [5, 5.41) is 6.01. The van der Waals surface area contributed by atoms with Gasteiger partial charge in [-0.3, -0.25) is 14.5 Å². The molecule has 0 spiro atoms. The van der Waals surface area contributed by atoms with Crippen LogP contribution in [0.15, 0.2) is 48.5 Å². The molecule has 158 valence electrons. The lowest BCUT2D eigenvalue weighted by molar-refractivity contribution is -0.134. The van der Waals surface area contributed by atoms with Crippen molar-refractivity contribution >= 4 is 35.1 Å². The number of hydrogen-bond acceptors (Lipinski definition) is 4. The van der Waals surface area contributed by atoms with Crippen LogP contribution in [-0.4, -0.2) is 35.9 Å². The molecule has 2 N–H and O–H groups in total. The van der Waals surface area contributed by atoms with Crippen molar-refractivity contribution in [1.29, 1.82) is 0 Å². The lowest BCUT2D eigenvalue weighted by Gasteiger charge is -2.25. The number of anilines is 1. The largest absolute Gasteiger partial charge is 0.491 e. The summed E-state index contributed by atoms with van der Waals surface area (Å²) >= 11 is 5.95. The van der Waals surface area contributed by atoms with Crippen molar-refractivity contribution in [2.24, 2.45) is 0 Å². The lowest BCUT2D eigenvalue weighted by atomic mass is 9.87. The number of halogens is 1. The van der Waals surface area contributed by atoms with E-state index in [1.165, 1.54) is 0 Å². The number of carbonyl (C=O) groups is 3. The molecule has 0 saturated carbocycles. The normalized spacial score (nSPS) is 18.3. The summed E-state index contributed by atoms with van der Waals surface area (Å²) in [6.45, 7) is 3.90. The van der Waals surface area contributed by atoms with Crippen molar-refractivity contribution in [2.45, 2.75) is 32.2 Å². The van der Waals surface area contributed by atoms with Crippen molar-refractivity contribution in [3.8, 4) is 5.75 Å². The molecule has 8 heteroatoms. The summed E-state index contributed by atoms with van der Waals surface area (Å²) in [6.07, 6.45) is 1.17. The molecule has 2 aromatic rings. The smallest absolute Gasteiger partial charge is 0.325 e. The van der Waals surface area contributed by atoms with E-state index >= 15 is 0 Å². The van der Waals surface area contributed by atoms with Gasteiger partial charge in [-0.05, 0) is 42.7 Å². The average Bonchev–Trinajstić information content (AvgIpc) is 2.98. The predicted molar refractivity (Wildman–Crippen MR) is 115 cm³/mol. The highest BCUT2D eigenvalue weighted by Crippen LogP contribution is 2.33. The Balaban J connectivity index is 1.76. The number of hydrogen-bond donors (Lipinski definition) is 2. The fourth-order valence-electron chi connectivity index (χ4n) is 3.38. The van der Waals surface area contributed by atoms with Crippen molar-refractivity contribution in [1.82, 2.24) is 10.2 Å². The molecule has 1 aliphatic rings. The van der Waals surface area contributed by atoms with Crippen LogP contribution < -0.4 is 15.4 Å². The third-order valence-corrected chi connectivity index (χ3v) is 5.22. The van der Waals surface area contributed by atoms with Crippen LogP contribution in [0.25, 0.3) is 0 Å². The average molecular weight is 430 g/mol. The van der Waals surface area contributed by atoms with E-state index in [-0.39, 0.29) is 0 Å². The molecule has 0 aromatic heterocycles. The van der Waals surface area contributed by atoms with Crippen LogP contribution in [0.4, 0.5) is 10.5 Å². The Hall–Kier alpha value is -3.06. The van der Waals surface area contributed by atoms with Crippen LogP contribution in [0.2, 0.25) is 5.02 Å². The van der Waals surface area contributed by atoms with Gasteiger partial charge >= 0.3 is 6.03 Å². The number of ether oxygens (including phenoxy) is 1. The number of para-hydroxylation sites is 2. The fourth-order valence-corrected chi connectivity index (χ4v) is 3.51. The molecule has 1 heterocycles. The first-order chi connectivity index (χ1) is 14.4. The highest BCUT2D eigenvalue weighted by molar-refractivity contribution is 6.30. The van der Waals surface area contributed by atoms with Crippen molar-refractivity contribution in [3.63, 3.8) is 0 Å². The Morgan fingerprint density at radius 2 is 1.83 bits per heavy atom. The van der Waals surface area contributed by atoms with Gasteiger partial charge in [-0.25, -0.2) is 4.79 Å². The number of urea groups is 1. The molecular formula is C22H24ClN3O4. The third-order valence-electron chi connectivity index (χ3n) is 4.97. The molecule has 1 atom stereocenters. The van der Waals surface area contributed by atoms with Crippen LogP contribution in [0.1, 0.15) is 32.3 Å². The molecule has 30 heavy (non-hydrogen) atoms. The number of nitrogens with zero attached hydrogens (tertiary/aromatic N) is 1. The lowest BCUT2D eigenvalue weighted by Crippen LogP contribution is -2.44. The number of nitrogens with one attached hydrogen (secondary N) is 2. The second-order valence-electron chi connectivity index (χ2n) is 6.98. The van der Waals surface area contributed by atoms with E-state index in [9.17, 15) is 14.4 Å². The minimum atomic E-state index is -1.22. The zero-order valence-corrected chi connectivity index (χ0v) is 17.7. The van der Waals surface area contributed by atoms with E-state index in [0.29, 0.717) is 35.1 Å². The van der Waals surface area contributed by atoms with Crippen LogP contribution >= 0.6 is 11.6 Å². The monoisotopic (exact) mass is 429 g/mol. The molecule has 2 aromatic carbocycles. The minimum Gasteiger partial charge on any atom is -0.491 e. The third kappa shape index (κ3) is 4.26. The molecule has 7 nitrogen and oxygen atoms in total. The Morgan fingerprint density at radius 3 is 2.50 bits per heavy atom. The Labute approximate surface area is 180 Å². The number of benzene rings is 2. The van der Waals surface area contributed by atoms with Gasteiger partial charge in [0, 0.05) is 5.02 Å². The SMILES string of the molecule is CCCOc1ccccc1NC(=O)CN1C(=O)NC(CC)(c2ccc(Cl)cc2)C1=O. The van der Waals surface area contributed by atoms with Crippen LogP contribution in [0.3, 0.4) is 0 Å². The maximum atomic E-state index is 13.2. The van der Waals surface area contributed by atoms with E-state index in [0.717, 1.165) is 11.3 Å². The van der Waals surface area contributed by atoms with E-state index in [2.05, 4.69) is 10.6 Å². The second-order valence-corrected chi connectivity index (χ2v) is 7.42. The van der Waals surface area contributed by atoms with Gasteiger partial charge in [0.25, 0.3) is 5.91 Å². The van der Waals surface area contributed by atoms with Gasteiger partial charge in [-0.1, -0.05) is 49.7 Å². The molecule has 4 amide bonds. The number of carbonyl (C=O) groups excluding carboxylic acids is 3. The first-order valence-corrected chi connectivity index (χ1v) is 10.2. The summed E-state index contributed by atoms with van der Waals surface area (Å²) in [7, 11) is 0. The highest BCUT2D eigenvalue weighted by Gasteiger charge is 2.51. The summed E-state index contributed by atoms with van der Waals surface area (Å²) < 4.78 is 5.63.